The van der Waals surface area contributed by atoms with Crippen molar-refractivity contribution in [1.29, 1.82) is 0 Å². The number of rotatable bonds is 7. The van der Waals surface area contributed by atoms with Crippen molar-refractivity contribution in [1.82, 2.24) is 4.90 Å². The maximum atomic E-state index is 12.1. The van der Waals surface area contributed by atoms with E-state index in [-0.39, 0.29) is 19.1 Å². The van der Waals surface area contributed by atoms with Crippen LogP contribution >= 0.6 is 0 Å². The first kappa shape index (κ1) is 17.0. The van der Waals surface area contributed by atoms with Gasteiger partial charge in [-0.2, -0.15) is 0 Å². The van der Waals surface area contributed by atoms with Gasteiger partial charge in [0.15, 0.2) is 6.61 Å². The molecule has 1 amide bonds. The van der Waals surface area contributed by atoms with Crippen LogP contribution in [0, 0.1) is 13.8 Å². The lowest BCUT2D eigenvalue weighted by Crippen LogP contribution is -2.39. The lowest BCUT2D eigenvalue weighted by atomic mass is 10.1. The summed E-state index contributed by atoms with van der Waals surface area (Å²) in [6, 6.07) is 5.71. The lowest BCUT2D eigenvalue weighted by Gasteiger charge is -2.21. The zero-order chi connectivity index (χ0) is 15.8. The van der Waals surface area contributed by atoms with Crippen LogP contribution in [0.15, 0.2) is 18.2 Å². The summed E-state index contributed by atoms with van der Waals surface area (Å²) >= 11 is 0. The van der Waals surface area contributed by atoms with Crippen LogP contribution in [0.3, 0.4) is 0 Å². The Labute approximate surface area is 125 Å². The number of benzene rings is 1. The summed E-state index contributed by atoms with van der Waals surface area (Å²) in [6.45, 7) is 6.27. The van der Waals surface area contributed by atoms with Crippen molar-refractivity contribution in [3.8, 4) is 5.75 Å². The molecular formula is C16H23NO4. The van der Waals surface area contributed by atoms with Gasteiger partial charge in [-0.25, -0.2) is 0 Å². The van der Waals surface area contributed by atoms with Crippen molar-refractivity contribution in [3.63, 3.8) is 0 Å². The summed E-state index contributed by atoms with van der Waals surface area (Å²) in [5, 5.41) is 0. The van der Waals surface area contributed by atoms with Gasteiger partial charge in [-0.3, -0.25) is 9.59 Å². The zero-order valence-electron chi connectivity index (χ0n) is 13.1. The quantitative estimate of drug-likeness (QED) is 0.722. The van der Waals surface area contributed by atoms with Crippen LogP contribution in [0.2, 0.25) is 0 Å². The van der Waals surface area contributed by atoms with Gasteiger partial charge in [0.1, 0.15) is 12.3 Å². The van der Waals surface area contributed by atoms with E-state index in [0.717, 1.165) is 17.5 Å². The van der Waals surface area contributed by atoms with Gasteiger partial charge in [0.2, 0.25) is 0 Å². The molecular weight excluding hydrogens is 270 g/mol. The standard InChI is InChI=1S/C16H23NO4/c1-5-9-17(10-16(19)20-4)15(18)11-21-14-8-6-7-12(2)13(14)3/h6-8H,5,9-11H2,1-4H3. The monoisotopic (exact) mass is 293 g/mol. The first-order valence-electron chi connectivity index (χ1n) is 7.03. The Hall–Kier alpha value is -2.04. The van der Waals surface area contributed by atoms with E-state index in [2.05, 4.69) is 4.74 Å². The number of hydrogen-bond donors (Lipinski definition) is 0. The van der Waals surface area contributed by atoms with Gasteiger partial charge >= 0.3 is 5.97 Å². The highest BCUT2D eigenvalue weighted by molar-refractivity contribution is 5.83. The van der Waals surface area contributed by atoms with E-state index in [1.54, 1.807) is 0 Å². The molecule has 0 fully saturated rings. The maximum Gasteiger partial charge on any atom is 0.325 e. The normalized spacial score (nSPS) is 10.1. The van der Waals surface area contributed by atoms with Gasteiger partial charge in [-0.15, -0.1) is 0 Å². The second-order valence-electron chi connectivity index (χ2n) is 4.88. The Morgan fingerprint density at radius 2 is 1.95 bits per heavy atom. The number of carbonyl (C=O) groups excluding carboxylic acids is 2. The molecule has 5 heteroatoms. The fourth-order valence-corrected chi connectivity index (χ4v) is 1.89. The van der Waals surface area contributed by atoms with Crippen LogP contribution in [0.5, 0.6) is 5.75 Å². The zero-order valence-corrected chi connectivity index (χ0v) is 13.1. The third kappa shape index (κ3) is 5.10. The van der Waals surface area contributed by atoms with E-state index < -0.39 is 5.97 Å². The average molecular weight is 293 g/mol. The third-order valence-corrected chi connectivity index (χ3v) is 3.30. The minimum absolute atomic E-state index is 0.0423. The predicted octanol–water partition coefficient (Wildman–Crippen LogP) is 2.09. The molecule has 0 saturated heterocycles. The molecule has 0 aromatic heterocycles. The molecule has 0 radical (unpaired) electrons. The topological polar surface area (TPSA) is 55.8 Å². The molecule has 0 aliphatic rings. The number of carbonyl (C=O) groups is 2. The Morgan fingerprint density at radius 1 is 1.24 bits per heavy atom. The molecule has 0 aliphatic carbocycles. The van der Waals surface area contributed by atoms with Crippen LogP contribution < -0.4 is 4.74 Å². The summed E-state index contributed by atoms with van der Waals surface area (Å²) in [6.07, 6.45) is 0.770. The highest BCUT2D eigenvalue weighted by Gasteiger charge is 2.17. The van der Waals surface area contributed by atoms with E-state index in [0.29, 0.717) is 12.3 Å². The summed E-state index contributed by atoms with van der Waals surface area (Å²) in [5.74, 6) is 0.0459. The Balaban J connectivity index is 2.64. The molecule has 1 rings (SSSR count). The fourth-order valence-electron chi connectivity index (χ4n) is 1.89. The molecule has 1 aromatic rings. The van der Waals surface area contributed by atoms with Crippen LogP contribution in [0.1, 0.15) is 24.5 Å². The molecule has 0 saturated carbocycles. The van der Waals surface area contributed by atoms with E-state index in [9.17, 15) is 9.59 Å². The summed E-state index contributed by atoms with van der Waals surface area (Å²) in [7, 11) is 1.31. The lowest BCUT2D eigenvalue weighted by molar-refractivity contribution is -0.147. The molecule has 5 nitrogen and oxygen atoms in total. The molecule has 0 spiro atoms. The molecule has 0 atom stereocenters. The summed E-state index contributed by atoms with van der Waals surface area (Å²) < 4.78 is 10.2. The van der Waals surface area contributed by atoms with Crippen LogP contribution in [-0.2, 0) is 14.3 Å². The molecule has 1 aromatic carbocycles. The molecule has 0 unspecified atom stereocenters. The molecule has 0 aliphatic heterocycles. The molecule has 21 heavy (non-hydrogen) atoms. The largest absolute Gasteiger partial charge is 0.483 e. The van der Waals surface area contributed by atoms with Crippen molar-refractivity contribution in [2.45, 2.75) is 27.2 Å². The Morgan fingerprint density at radius 3 is 2.57 bits per heavy atom. The number of hydrogen-bond acceptors (Lipinski definition) is 4. The van der Waals surface area contributed by atoms with Crippen LogP contribution in [0.4, 0.5) is 0 Å². The fraction of sp³-hybridized carbons (Fsp3) is 0.500. The van der Waals surface area contributed by atoms with E-state index in [1.165, 1.54) is 12.0 Å². The van der Waals surface area contributed by atoms with Gasteiger partial charge in [0.25, 0.3) is 5.91 Å². The Kier molecular flexibility index (Phi) is 6.72. The second kappa shape index (κ2) is 8.29. The van der Waals surface area contributed by atoms with Crippen molar-refractivity contribution in [2.24, 2.45) is 0 Å². The number of methoxy groups -OCH3 is 1. The SMILES string of the molecule is CCCN(CC(=O)OC)C(=O)COc1cccc(C)c1C. The van der Waals surface area contributed by atoms with Crippen LogP contribution in [0.25, 0.3) is 0 Å². The van der Waals surface area contributed by atoms with Gasteiger partial charge in [-0.1, -0.05) is 19.1 Å². The first-order chi connectivity index (χ1) is 9.99. The highest BCUT2D eigenvalue weighted by atomic mass is 16.5. The molecule has 0 heterocycles. The minimum atomic E-state index is -0.427. The number of esters is 1. The molecule has 0 bridgehead atoms. The van der Waals surface area contributed by atoms with E-state index in [4.69, 9.17) is 4.74 Å². The maximum absolute atomic E-state index is 12.1. The molecule has 0 N–H and O–H groups in total. The van der Waals surface area contributed by atoms with Gasteiger partial charge in [0.05, 0.1) is 7.11 Å². The van der Waals surface area contributed by atoms with Gasteiger partial charge in [0, 0.05) is 6.54 Å². The smallest absolute Gasteiger partial charge is 0.325 e. The number of ether oxygens (including phenoxy) is 2. The average Bonchev–Trinajstić information content (AvgIpc) is 2.47. The number of nitrogens with zero attached hydrogens (tertiary/aromatic N) is 1. The molecule has 116 valence electrons. The predicted molar refractivity (Wildman–Crippen MR) is 80.3 cm³/mol. The van der Waals surface area contributed by atoms with Gasteiger partial charge < -0.3 is 14.4 Å². The van der Waals surface area contributed by atoms with Crippen molar-refractivity contribution in [2.75, 3.05) is 26.8 Å². The second-order valence-corrected chi connectivity index (χ2v) is 4.88. The van der Waals surface area contributed by atoms with Crippen molar-refractivity contribution in [3.05, 3.63) is 29.3 Å². The summed E-state index contributed by atoms with van der Waals surface area (Å²) in [5.41, 5.74) is 2.13. The number of amides is 1. The summed E-state index contributed by atoms with van der Waals surface area (Å²) in [4.78, 5) is 24.9. The van der Waals surface area contributed by atoms with Gasteiger partial charge in [-0.05, 0) is 37.5 Å². The number of aryl methyl sites for hydroxylation is 1. The highest BCUT2D eigenvalue weighted by Crippen LogP contribution is 2.20. The van der Waals surface area contributed by atoms with Crippen molar-refractivity contribution < 1.29 is 19.1 Å². The van der Waals surface area contributed by atoms with Crippen LogP contribution in [-0.4, -0.2) is 43.6 Å². The van der Waals surface area contributed by atoms with E-state index in [1.807, 2.05) is 39.0 Å². The minimum Gasteiger partial charge on any atom is -0.483 e. The van der Waals surface area contributed by atoms with Crippen molar-refractivity contribution >= 4 is 11.9 Å². The first-order valence-corrected chi connectivity index (χ1v) is 7.03. The Bertz CT molecular complexity index is 499. The third-order valence-electron chi connectivity index (χ3n) is 3.30. The van der Waals surface area contributed by atoms with E-state index >= 15 is 0 Å².